The summed E-state index contributed by atoms with van der Waals surface area (Å²) in [7, 11) is 0. The molecule has 2 aromatic heterocycles. The van der Waals surface area contributed by atoms with Crippen molar-refractivity contribution >= 4 is 16.9 Å². The van der Waals surface area contributed by atoms with Gasteiger partial charge in [-0.15, -0.1) is 0 Å². The lowest BCUT2D eigenvalue weighted by molar-refractivity contribution is -0.116. The fourth-order valence-corrected chi connectivity index (χ4v) is 3.03. The smallest absolute Gasteiger partial charge is 0.273 e. The van der Waals surface area contributed by atoms with Crippen LogP contribution in [0.2, 0.25) is 0 Å². The van der Waals surface area contributed by atoms with Crippen molar-refractivity contribution in [3.8, 4) is 0 Å². The summed E-state index contributed by atoms with van der Waals surface area (Å²) in [5, 5.41) is 4.76. The minimum Gasteiger partial charge on any atom is -0.273 e. The highest BCUT2D eigenvalue weighted by Crippen LogP contribution is 2.31. The van der Waals surface area contributed by atoms with E-state index < -0.39 is 0 Å². The summed E-state index contributed by atoms with van der Waals surface area (Å²) in [5.41, 5.74) is 3.91. The topological polar surface area (TPSA) is 81.8 Å². The first-order chi connectivity index (χ1) is 12.7. The lowest BCUT2D eigenvalue weighted by Crippen LogP contribution is -2.37. The van der Waals surface area contributed by atoms with Crippen molar-refractivity contribution in [3.63, 3.8) is 0 Å². The molecule has 4 rings (SSSR count). The Balaban J connectivity index is 1.64. The van der Waals surface area contributed by atoms with E-state index in [1.165, 1.54) is 17.5 Å². The Morgan fingerprint density at radius 3 is 2.73 bits per heavy atom. The van der Waals surface area contributed by atoms with Gasteiger partial charge in [0.15, 0.2) is 5.65 Å². The largest absolute Gasteiger partial charge is 0.283 e. The number of nitrogens with one attached hydrogen (secondary N) is 1. The van der Waals surface area contributed by atoms with Crippen molar-refractivity contribution in [2.45, 2.75) is 39.2 Å². The fraction of sp³-hybridized carbons (Fsp3) is 0.368. The van der Waals surface area contributed by atoms with Crippen LogP contribution in [0, 0.1) is 5.92 Å². The summed E-state index contributed by atoms with van der Waals surface area (Å²) in [6.07, 6.45) is 4.69. The quantitative estimate of drug-likeness (QED) is 0.735. The molecule has 7 heteroatoms. The normalized spacial score (nSPS) is 13.9. The maximum Gasteiger partial charge on any atom is 0.283 e. The Morgan fingerprint density at radius 1 is 1.27 bits per heavy atom. The molecule has 1 aromatic carbocycles. The molecule has 134 valence electrons. The second-order valence-electron chi connectivity index (χ2n) is 6.73. The fourth-order valence-electron chi connectivity index (χ4n) is 3.03. The second-order valence-corrected chi connectivity index (χ2v) is 6.73. The molecule has 1 N–H and O–H groups in total. The number of carbonyl (C=O) groups excluding carboxylic acids is 1. The minimum absolute atomic E-state index is 0.204. The summed E-state index contributed by atoms with van der Waals surface area (Å²) >= 11 is 0. The third-order valence-electron chi connectivity index (χ3n) is 4.63. The van der Waals surface area contributed by atoms with Crippen molar-refractivity contribution in [3.05, 3.63) is 58.3 Å². The van der Waals surface area contributed by atoms with Crippen molar-refractivity contribution in [1.29, 1.82) is 0 Å². The number of hydrogen-bond acceptors (Lipinski definition) is 4. The average Bonchev–Trinajstić information content (AvgIpc) is 3.37. The van der Waals surface area contributed by atoms with Crippen LogP contribution in [0.4, 0.5) is 0 Å². The van der Waals surface area contributed by atoms with Crippen LogP contribution >= 0.6 is 0 Å². The zero-order valence-electron chi connectivity index (χ0n) is 14.7. The van der Waals surface area contributed by atoms with Crippen LogP contribution in [0.5, 0.6) is 0 Å². The molecule has 0 unspecified atom stereocenters. The van der Waals surface area contributed by atoms with Gasteiger partial charge in [0.25, 0.3) is 5.56 Å². The van der Waals surface area contributed by atoms with E-state index in [1.807, 2.05) is 41.9 Å². The van der Waals surface area contributed by atoms with Crippen LogP contribution in [0.1, 0.15) is 31.2 Å². The van der Waals surface area contributed by atoms with E-state index in [0.29, 0.717) is 29.2 Å². The number of aromatic nitrogens is 4. The van der Waals surface area contributed by atoms with Gasteiger partial charge in [-0.1, -0.05) is 37.3 Å². The molecule has 1 aliphatic rings. The van der Waals surface area contributed by atoms with E-state index in [2.05, 4.69) is 15.5 Å². The highest BCUT2D eigenvalue weighted by molar-refractivity contribution is 5.86. The predicted molar refractivity (Wildman–Crippen MR) is 98.4 cm³/mol. The maximum absolute atomic E-state index is 12.9. The van der Waals surface area contributed by atoms with E-state index >= 15 is 0 Å². The van der Waals surface area contributed by atoms with E-state index in [-0.39, 0.29) is 17.9 Å². The highest BCUT2D eigenvalue weighted by Gasteiger charge is 2.24. The number of carbonyl (C=O) groups is 1. The van der Waals surface area contributed by atoms with Crippen LogP contribution in [0.25, 0.3) is 11.0 Å². The van der Waals surface area contributed by atoms with Crippen molar-refractivity contribution < 1.29 is 4.79 Å². The molecule has 26 heavy (non-hydrogen) atoms. The van der Waals surface area contributed by atoms with E-state index in [9.17, 15) is 9.59 Å². The number of benzene rings is 1. The predicted octanol–water partition coefficient (Wildman–Crippen LogP) is 1.88. The number of amides is 1. The molecule has 0 saturated heterocycles. The lowest BCUT2D eigenvalue weighted by Gasteiger charge is -2.13. The van der Waals surface area contributed by atoms with Gasteiger partial charge in [-0.3, -0.25) is 15.0 Å². The summed E-state index contributed by atoms with van der Waals surface area (Å²) in [6.45, 7) is 2.71. The Kier molecular flexibility index (Phi) is 4.28. The van der Waals surface area contributed by atoms with Crippen LogP contribution in [0.15, 0.2) is 41.3 Å². The van der Waals surface area contributed by atoms with Gasteiger partial charge >= 0.3 is 0 Å². The number of aryl methyl sites for hydroxylation is 1. The van der Waals surface area contributed by atoms with E-state index in [4.69, 9.17) is 0 Å². The molecule has 1 aliphatic carbocycles. The van der Waals surface area contributed by atoms with Crippen molar-refractivity contribution in [1.82, 2.24) is 19.4 Å². The Morgan fingerprint density at radius 2 is 2.04 bits per heavy atom. The maximum atomic E-state index is 12.9. The molecule has 0 radical (unpaired) electrons. The van der Waals surface area contributed by atoms with Crippen LogP contribution in [-0.4, -0.2) is 25.3 Å². The first-order valence-corrected chi connectivity index (χ1v) is 8.97. The number of hydrogen-bond donors (Lipinski definition) is 1. The van der Waals surface area contributed by atoms with E-state index in [0.717, 1.165) is 12.1 Å². The van der Waals surface area contributed by atoms with Crippen LogP contribution in [0.3, 0.4) is 0 Å². The summed E-state index contributed by atoms with van der Waals surface area (Å²) < 4.78 is 3.07. The first-order valence-electron chi connectivity index (χ1n) is 8.97. The second kappa shape index (κ2) is 6.74. The molecule has 1 saturated carbocycles. The molecule has 0 spiro atoms. The van der Waals surface area contributed by atoms with Gasteiger partial charge in [0, 0.05) is 13.0 Å². The molecular formula is C19H21N5O2. The molecule has 0 atom stereocenters. The molecule has 3 aromatic rings. The molecule has 1 amide bonds. The monoisotopic (exact) mass is 351 g/mol. The van der Waals surface area contributed by atoms with Gasteiger partial charge in [0.2, 0.25) is 5.91 Å². The number of nitrogens with zero attached hydrogens (tertiary/aromatic N) is 4. The average molecular weight is 351 g/mol. The van der Waals surface area contributed by atoms with Crippen LogP contribution in [-0.2, 0) is 24.2 Å². The number of fused-ring (bicyclic) bond motifs is 1. The Bertz CT molecular complexity index is 1000. The van der Waals surface area contributed by atoms with Crippen molar-refractivity contribution in [2.75, 3.05) is 5.43 Å². The third kappa shape index (κ3) is 3.24. The SMILES string of the molecule is CCc1nc2c(cnn2CC2CC2)c(=O)n1NC(=O)Cc1ccccc1. The third-order valence-corrected chi connectivity index (χ3v) is 4.63. The number of rotatable bonds is 6. The summed E-state index contributed by atoms with van der Waals surface area (Å²) in [6, 6.07) is 9.43. The minimum atomic E-state index is -0.282. The molecule has 2 heterocycles. The Labute approximate surface area is 150 Å². The van der Waals surface area contributed by atoms with Gasteiger partial charge in [0.1, 0.15) is 11.2 Å². The van der Waals surface area contributed by atoms with E-state index in [1.54, 1.807) is 6.20 Å². The van der Waals surface area contributed by atoms with Gasteiger partial charge in [-0.05, 0) is 24.3 Å². The molecular weight excluding hydrogens is 330 g/mol. The van der Waals surface area contributed by atoms with Gasteiger partial charge < -0.3 is 0 Å². The zero-order chi connectivity index (χ0) is 18.1. The molecule has 7 nitrogen and oxygen atoms in total. The molecule has 1 fully saturated rings. The van der Waals surface area contributed by atoms with Crippen LogP contribution < -0.4 is 11.0 Å². The zero-order valence-corrected chi connectivity index (χ0v) is 14.7. The molecule has 0 aliphatic heterocycles. The van der Waals surface area contributed by atoms with Crippen molar-refractivity contribution in [2.24, 2.45) is 5.92 Å². The highest BCUT2D eigenvalue weighted by atomic mass is 16.2. The summed E-state index contributed by atoms with van der Waals surface area (Å²) in [5.74, 6) is 0.916. The van der Waals surface area contributed by atoms with Gasteiger partial charge in [-0.2, -0.15) is 5.10 Å². The molecule has 0 bridgehead atoms. The lowest BCUT2D eigenvalue weighted by atomic mass is 10.1. The standard InChI is InChI=1S/C19H21N5O2/c1-2-16-21-18-15(11-20-23(18)12-14-8-9-14)19(26)24(16)22-17(25)10-13-6-4-3-5-7-13/h3-7,11,14H,2,8-10,12H2,1H3,(H,22,25). The van der Waals surface area contributed by atoms with Gasteiger partial charge in [-0.25, -0.2) is 14.3 Å². The first kappa shape index (κ1) is 16.5. The summed E-state index contributed by atoms with van der Waals surface area (Å²) in [4.78, 5) is 29.8. The van der Waals surface area contributed by atoms with Gasteiger partial charge in [0.05, 0.1) is 12.6 Å². The Hall–Kier alpha value is -2.96.